The first-order chi connectivity index (χ1) is 5.68. The van der Waals surface area contributed by atoms with Crippen LogP contribution in [0, 0.1) is 0 Å². The van der Waals surface area contributed by atoms with Gasteiger partial charge in [0.05, 0.1) is 6.16 Å². The van der Waals surface area contributed by atoms with Gasteiger partial charge in [0.1, 0.15) is 0 Å². The summed E-state index contributed by atoms with van der Waals surface area (Å²) in [5.41, 5.74) is 1.36. The van der Waals surface area contributed by atoms with Crippen LogP contribution in [0.15, 0.2) is 23.8 Å². The van der Waals surface area contributed by atoms with Crippen LogP contribution in [-0.4, -0.2) is 20.4 Å². The summed E-state index contributed by atoms with van der Waals surface area (Å²) in [6.45, 7) is 0. The first kappa shape index (κ1) is 11.9. The SMILES string of the molecule is COP(=O)(C/C=C\C=C\Cl)OC. The largest absolute Gasteiger partial charge is 0.333 e. The molecule has 70 valence electrons. The van der Waals surface area contributed by atoms with Crippen LogP contribution in [0.25, 0.3) is 0 Å². The highest BCUT2D eigenvalue weighted by molar-refractivity contribution is 7.54. The third-order valence-electron chi connectivity index (χ3n) is 1.21. The van der Waals surface area contributed by atoms with Gasteiger partial charge >= 0.3 is 7.60 Å². The number of allylic oxidation sites excluding steroid dienone is 3. The van der Waals surface area contributed by atoms with Crippen molar-refractivity contribution in [2.45, 2.75) is 0 Å². The fourth-order valence-electron chi connectivity index (χ4n) is 0.534. The van der Waals surface area contributed by atoms with Gasteiger partial charge in [-0.05, 0) is 0 Å². The Labute approximate surface area is 77.5 Å². The van der Waals surface area contributed by atoms with Crippen molar-refractivity contribution in [3.63, 3.8) is 0 Å². The second-order valence-corrected chi connectivity index (χ2v) is 4.47. The summed E-state index contributed by atoms with van der Waals surface area (Å²) < 4.78 is 20.7. The van der Waals surface area contributed by atoms with Crippen LogP contribution in [0.2, 0.25) is 0 Å². The molecule has 0 atom stereocenters. The van der Waals surface area contributed by atoms with Crippen molar-refractivity contribution < 1.29 is 13.6 Å². The van der Waals surface area contributed by atoms with Crippen LogP contribution in [0.1, 0.15) is 0 Å². The first-order valence-corrected chi connectivity index (χ1v) is 5.47. The van der Waals surface area contributed by atoms with Gasteiger partial charge in [0, 0.05) is 19.8 Å². The van der Waals surface area contributed by atoms with Gasteiger partial charge in [0.25, 0.3) is 0 Å². The number of rotatable bonds is 5. The Morgan fingerprint density at radius 2 is 1.92 bits per heavy atom. The topological polar surface area (TPSA) is 35.5 Å². The van der Waals surface area contributed by atoms with E-state index in [1.54, 1.807) is 18.2 Å². The lowest BCUT2D eigenvalue weighted by Gasteiger charge is -2.09. The maximum absolute atomic E-state index is 11.4. The van der Waals surface area contributed by atoms with Gasteiger partial charge in [-0.25, -0.2) is 0 Å². The van der Waals surface area contributed by atoms with Crippen LogP contribution in [0.4, 0.5) is 0 Å². The second-order valence-electron chi connectivity index (χ2n) is 1.91. The molecule has 0 aliphatic rings. The highest BCUT2D eigenvalue weighted by Crippen LogP contribution is 2.45. The molecule has 0 radical (unpaired) electrons. The molecule has 0 aliphatic carbocycles. The Bertz CT molecular complexity index is 205. The second kappa shape index (κ2) is 6.44. The van der Waals surface area contributed by atoms with Crippen molar-refractivity contribution in [3.8, 4) is 0 Å². The zero-order chi connectivity index (χ0) is 9.45. The Hall–Kier alpha value is -0.0800. The number of halogens is 1. The quantitative estimate of drug-likeness (QED) is 0.517. The molecule has 0 N–H and O–H groups in total. The van der Waals surface area contributed by atoms with Crippen LogP contribution in [0.3, 0.4) is 0 Å². The lowest BCUT2D eigenvalue weighted by Crippen LogP contribution is -1.91. The molecule has 0 saturated heterocycles. The van der Waals surface area contributed by atoms with Crippen LogP contribution >= 0.6 is 19.2 Å². The van der Waals surface area contributed by atoms with Crippen molar-refractivity contribution >= 4 is 19.2 Å². The highest BCUT2D eigenvalue weighted by atomic mass is 35.5. The third-order valence-corrected chi connectivity index (χ3v) is 3.12. The summed E-state index contributed by atoms with van der Waals surface area (Å²) in [7, 11) is -0.172. The van der Waals surface area contributed by atoms with Gasteiger partial charge < -0.3 is 9.05 Å². The monoisotopic (exact) mass is 210 g/mol. The predicted octanol–water partition coefficient (Wildman–Crippen LogP) is 2.78. The molecule has 0 fully saturated rings. The van der Waals surface area contributed by atoms with E-state index in [2.05, 4.69) is 0 Å². The molecule has 0 aromatic carbocycles. The van der Waals surface area contributed by atoms with Gasteiger partial charge in [0.2, 0.25) is 0 Å². The summed E-state index contributed by atoms with van der Waals surface area (Å²) in [5, 5.41) is 0. The van der Waals surface area contributed by atoms with Crippen LogP contribution < -0.4 is 0 Å². The zero-order valence-corrected chi connectivity index (χ0v) is 8.72. The molecule has 0 unspecified atom stereocenters. The molecule has 0 bridgehead atoms. The maximum Gasteiger partial charge on any atom is 0.333 e. The van der Waals surface area contributed by atoms with Crippen molar-refractivity contribution in [2.75, 3.05) is 20.4 Å². The first-order valence-electron chi connectivity index (χ1n) is 3.31. The Kier molecular flexibility index (Phi) is 6.39. The van der Waals surface area contributed by atoms with E-state index in [1.165, 1.54) is 19.8 Å². The summed E-state index contributed by atoms with van der Waals surface area (Å²) >= 11 is 5.26. The molecule has 0 amide bonds. The standard InChI is InChI=1S/C7H12ClO3P/c1-10-12(9,11-2)7-5-3-4-6-8/h3-6H,7H2,1-2H3/b5-3-,6-4+. The molecular weight excluding hydrogens is 199 g/mol. The van der Waals surface area contributed by atoms with Crippen LogP contribution in [0.5, 0.6) is 0 Å². The summed E-state index contributed by atoms with van der Waals surface area (Å²) in [6, 6.07) is 0. The fraction of sp³-hybridized carbons (Fsp3) is 0.429. The van der Waals surface area contributed by atoms with Gasteiger partial charge in [-0.2, -0.15) is 0 Å². The van der Waals surface area contributed by atoms with Gasteiger partial charge in [-0.1, -0.05) is 29.8 Å². The van der Waals surface area contributed by atoms with Crippen molar-refractivity contribution in [1.29, 1.82) is 0 Å². The van der Waals surface area contributed by atoms with Crippen molar-refractivity contribution in [2.24, 2.45) is 0 Å². The van der Waals surface area contributed by atoms with Crippen molar-refractivity contribution in [3.05, 3.63) is 23.8 Å². The van der Waals surface area contributed by atoms with E-state index in [0.29, 0.717) is 0 Å². The molecule has 0 aromatic heterocycles. The minimum atomic E-state index is -2.89. The maximum atomic E-state index is 11.4. The smallest absolute Gasteiger partial charge is 0.312 e. The van der Waals surface area contributed by atoms with E-state index in [1.807, 2.05) is 0 Å². The van der Waals surface area contributed by atoms with E-state index in [-0.39, 0.29) is 6.16 Å². The van der Waals surface area contributed by atoms with Gasteiger partial charge in [0.15, 0.2) is 0 Å². The fourth-order valence-corrected chi connectivity index (χ4v) is 1.45. The van der Waals surface area contributed by atoms with Gasteiger partial charge in [-0.3, -0.25) is 4.57 Å². The molecule has 12 heavy (non-hydrogen) atoms. The number of hydrogen-bond acceptors (Lipinski definition) is 3. The zero-order valence-electron chi connectivity index (χ0n) is 7.07. The van der Waals surface area contributed by atoms with Crippen LogP contribution in [-0.2, 0) is 13.6 Å². The molecular formula is C7H12ClO3P. The van der Waals surface area contributed by atoms with E-state index in [4.69, 9.17) is 20.6 Å². The van der Waals surface area contributed by atoms with E-state index < -0.39 is 7.60 Å². The lowest BCUT2D eigenvalue weighted by molar-refractivity contribution is 0.279. The molecule has 0 spiro atoms. The molecule has 0 aromatic rings. The Morgan fingerprint density at radius 1 is 1.33 bits per heavy atom. The lowest BCUT2D eigenvalue weighted by atomic mass is 10.5. The van der Waals surface area contributed by atoms with E-state index >= 15 is 0 Å². The minimum Gasteiger partial charge on any atom is -0.312 e. The molecule has 0 aliphatic heterocycles. The van der Waals surface area contributed by atoms with E-state index in [9.17, 15) is 4.57 Å². The normalized spacial score (nSPS) is 13.2. The third kappa shape index (κ3) is 4.73. The Balaban J connectivity index is 3.97. The molecule has 0 heterocycles. The Morgan fingerprint density at radius 3 is 2.33 bits per heavy atom. The average Bonchev–Trinajstić information content (AvgIpc) is 2.12. The highest BCUT2D eigenvalue weighted by Gasteiger charge is 2.17. The van der Waals surface area contributed by atoms with Gasteiger partial charge in [-0.15, -0.1) is 0 Å². The van der Waals surface area contributed by atoms with Crippen molar-refractivity contribution in [1.82, 2.24) is 0 Å². The molecule has 5 heteroatoms. The minimum absolute atomic E-state index is 0.251. The predicted molar refractivity (Wildman–Crippen MR) is 50.6 cm³/mol. The summed E-state index contributed by atoms with van der Waals surface area (Å²) in [4.78, 5) is 0. The number of hydrogen-bond donors (Lipinski definition) is 0. The molecule has 3 nitrogen and oxygen atoms in total. The summed E-state index contributed by atoms with van der Waals surface area (Å²) in [5.74, 6) is 0. The van der Waals surface area contributed by atoms with E-state index in [0.717, 1.165) is 0 Å². The molecule has 0 saturated carbocycles. The summed E-state index contributed by atoms with van der Waals surface area (Å²) in [6.07, 6.45) is 5.22. The average molecular weight is 211 g/mol. The molecule has 0 rings (SSSR count).